The van der Waals surface area contributed by atoms with Gasteiger partial charge in [-0.2, -0.15) is 5.26 Å². The average molecular weight is 356 g/mol. The third-order valence-electron chi connectivity index (χ3n) is 1.26. The standard InChI is InChI=1S/C7H2Br3NO/c8-4-1-5(9)7(12)6(10)3(4)2-11/h1,12H. The lowest BCUT2D eigenvalue weighted by Crippen LogP contribution is -1.82. The number of nitrogens with zero attached hydrogens (tertiary/aromatic N) is 1. The molecule has 0 aliphatic carbocycles. The molecule has 0 heterocycles. The highest BCUT2D eigenvalue weighted by Gasteiger charge is 2.12. The van der Waals surface area contributed by atoms with E-state index in [1.807, 2.05) is 6.07 Å². The molecule has 1 aromatic carbocycles. The summed E-state index contributed by atoms with van der Waals surface area (Å²) in [5, 5.41) is 18.1. The number of halogens is 3. The molecule has 0 atom stereocenters. The van der Waals surface area contributed by atoms with Gasteiger partial charge < -0.3 is 5.11 Å². The second-order valence-electron chi connectivity index (χ2n) is 1.99. The second kappa shape index (κ2) is 3.77. The number of rotatable bonds is 0. The number of hydrogen-bond donors (Lipinski definition) is 1. The molecule has 0 radical (unpaired) electrons. The van der Waals surface area contributed by atoms with Crippen molar-refractivity contribution >= 4 is 47.8 Å². The quantitative estimate of drug-likeness (QED) is 0.773. The summed E-state index contributed by atoms with van der Waals surface area (Å²) in [7, 11) is 0. The largest absolute Gasteiger partial charge is 0.506 e. The molecule has 12 heavy (non-hydrogen) atoms. The summed E-state index contributed by atoms with van der Waals surface area (Å²) in [6.45, 7) is 0. The lowest BCUT2D eigenvalue weighted by atomic mass is 10.2. The molecule has 0 bridgehead atoms. The van der Waals surface area contributed by atoms with E-state index in [0.29, 0.717) is 19.0 Å². The number of nitriles is 1. The summed E-state index contributed by atoms with van der Waals surface area (Å²) in [5.41, 5.74) is 0.385. The van der Waals surface area contributed by atoms with Gasteiger partial charge in [0.1, 0.15) is 11.8 Å². The minimum atomic E-state index is 0.0368. The molecule has 5 heteroatoms. The van der Waals surface area contributed by atoms with Crippen LogP contribution < -0.4 is 0 Å². The molecule has 2 nitrogen and oxygen atoms in total. The van der Waals surface area contributed by atoms with E-state index in [2.05, 4.69) is 47.8 Å². The number of aromatic hydroxyl groups is 1. The van der Waals surface area contributed by atoms with Gasteiger partial charge in [-0.15, -0.1) is 0 Å². The number of hydrogen-bond acceptors (Lipinski definition) is 2. The van der Waals surface area contributed by atoms with Gasteiger partial charge in [-0.1, -0.05) is 0 Å². The van der Waals surface area contributed by atoms with Crippen LogP contribution in [-0.2, 0) is 0 Å². The monoisotopic (exact) mass is 353 g/mol. The van der Waals surface area contributed by atoms with Crippen LogP contribution in [0.15, 0.2) is 19.5 Å². The van der Waals surface area contributed by atoms with Gasteiger partial charge in [-0.25, -0.2) is 0 Å². The first-order valence-corrected chi connectivity index (χ1v) is 5.22. The smallest absolute Gasteiger partial charge is 0.145 e. The Morgan fingerprint density at radius 2 is 1.83 bits per heavy atom. The summed E-state index contributed by atoms with van der Waals surface area (Å²) >= 11 is 9.45. The fourth-order valence-corrected chi connectivity index (χ4v) is 2.98. The predicted molar refractivity (Wildman–Crippen MR) is 55.9 cm³/mol. The van der Waals surface area contributed by atoms with Crippen molar-refractivity contribution in [2.45, 2.75) is 0 Å². The molecule has 0 saturated carbocycles. The molecule has 0 unspecified atom stereocenters. The van der Waals surface area contributed by atoms with Crippen LogP contribution in [0, 0.1) is 11.3 Å². The topological polar surface area (TPSA) is 44.0 Å². The molecule has 0 saturated heterocycles. The van der Waals surface area contributed by atoms with E-state index in [4.69, 9.17) is 5.26 Å². The second-order valence-corrected chi connectivity index (χ2v) is 4.49. The highest BCUT2D eigenvalue weighted by atomic mass is 79.9. The minimum Gasteiger partial charge on any atom is -0.506 e. The molecule has 0 fully saturated rings. The van der Waals surface area contributed by atoms with Gasteiger partial charge in [-0.3, -0.25) is 0 Å². The first kappa shape index (κ1) is 10.0. The van der Waals surface area contributed by atoms with Crippen LogP contribution in [-0.4, -0.2) is 5.11 Å². The molecule has 62 valence electrons. The van der Waals surface area contributed by atoms with E-state index in [1.165, 1.54) is 0 Å². The zero-order valence-corrected chi connectivity index (χ0v) is 10.4. The summed E-state index contributed by atoms with van der Waals surface area (Å²) in [5.74, 6) is 0.0368. The van der Waals surface area contributed by atoms with Crippen molar-refractivity contribution in [3.63, 3.8) is 0 Å². The van der Waals surface area contributed by atoms with E-state index in [0.717, 1.165) is 0 Å². The molecule has 1 aromatic rings. The lowest BCUT2D eigenvalue weighted by Gasteiger charge is -2.03. The van der Waals surface area contributed by atoms with Crippen molar-refractivity contribution in [3.8, 4) is 11.8 Å². The Kier molecular flexibility index (Phi) is 3.16. The zero-order valence-electron chi connectivity index (χ0n) is 5.61. The maximum atomic E-state index is 9.38. The van der Waals surface area contributed by atoms with Crippen LogP contribution in [0.4, 0.5) is 0 Å². The maximum Gasteiger partial charge on any atom is 0.145 e. The molecule has 0 aliphatic rings. The Balaban J connectivity index is 3.54. The van der Waals surface area contributed by atoms with E-state index in [-0.39, 0.29) is 5.75 Å². The molecule has 1 N–H and O–H groups in total. The third-order valence-corrected chi connectivity index (χ3v) is 3.26. The van der Waals surface area contributed by atoms with E-state index < -0.39 is 0 Å². The fraction of sp³-hybridized carbons (Fsp3) is 0. The van der Waals surface area contributed by atoms with Crippen LogP contribution in [0.1, 0.15) is 5.56 Å². The minimum absolute atomic E-state index is 0.0368. The van der Waals surface area contributed by atoms with Crippen LogP contribution in [0.25, 0.3) is 0 Å². The Morgan fingerprint density at radius 3 is 2.33 bits per heavy atom. The van der Waals surface area contributed by atoms with Gasteiger partial charge in [0.15, 0.2) is 0 Å². The van der Waals surface area contributed by atoms with Crippen molar-refractivity contribution in [2.75, 3.05) is 0 Å². The van der Waals surface area contributed by atoms with Crippen LogP contribution >= 0.6 is 47.8 Å². The average Bonchev–Trinajstić information content (AvgIpc) is 2.01. The molecular formula is C7H2Br3NO. The molecule has 0 aromatic heterocycles. The molecule has 1 rings (SSSR count). The number of phenols is 1. The highest BCUT2D eigenvalue weighted by Crippen LogP contribution is 2.38. The van der Waals surface area contributed by atoms with Gasteiger partial charge in [0.2, 0.25) is 0 Å². The van der Waals surface area contributed by atoms with Crippen molar-refractivity contribution in [1.29, 1.82) is 5.26 Å². The predicted octanol–water partition coefficient (Wildman–Crippen LogP) is 3.55. The van der Waals surface area contributed by atoms with Crippen molar-refractivity contribution in [2.24, 2.45) is 0 Å². The molecule has 0 amide bonds. The molecular weight excluding hydrogens is 354 g/mol. The third kappa shape index (κ3) is 1.65. The number of benzene rings is 1. The van der Waals surface area contributed by atoms with Crippen LogP contribution in [0.5, 0.6) is 5.75 Å². The SMILES string of the molecule is N#Cc1c(Br)cc(Br)c(O)c1Br. The van der Waals surface area contributed by atoms with Gasteiger partial charge >= 0.3 is 0 Å². The first-order chi connectivity index (χ1) is 5.57. The van der Waals surface area contributed by atoms with E-state index in [9.17, 15) is 5.11 Å². The zero-order chi connectivity index (χ0) is 9.30. The fourth-order valence-electron chi connectivity index (χ4n) is 0.682. The molecule has 0 spiro atoms. The normalized spacial score (nSPS) is 9.50. The van der Waals surface area contributed by atoms with Crippen molar-refractivity contribution < 1.29 is 5.11 Å². The Hall–Kier alpha value is -0.0500. The van der Waals surface area contributed by atoms with Gasteiger partial charge in [0.25, 0.3) is 0 Å². The summed E-state index contributed by atoms with van der Waals surface area (Å²) in [4.78, 5) is 0. The Bertz CT molecular complexity index is 370. The van der Waals surface area contributed by atoms with Gasteiger partial charge in [0, 0.05) is 4.47 Å². The summed E-state index contributed by atoms with van der Waals surface area (Å²) < 4.78 is 1.58. The maximum absolute atomic E-state index is 9.38. The Morgan fingerprint density at radius 1 is 1.25 bits per heavy atom. The van der Waals surface area contributed by atoms with Crippen LogP contribution in [0.2, 0.25) is 0 Å². The number of phenolic OH excluding ortho intramolecular Hbond substituents is 1. The Labute approximate surface area is 94.6 Å². The van der Waals surface area contributed by atoms with Crippen molar-refractivity contribution in [3.05, 3.63) is 25.0 Å². The van der Waals surface area contributed by atoms with Crippen molar-refractivity contribution in [1.82, 2.24) is 0 Å². The van der Waals surface area contributed by atoms with Gasteiger partial charge in [-0.05, 0) is 53.9 Å². The summed E-state index contributed by atoms with van der Waals surface area (Å²) in [6, 6.07) is 3.58. The van der Waals surface area contributed by atoms with E-state index in [1.54, 1.807) is 6.07 Å². The summed E-state index contributed by atoms with van der Waals surface area (Å²) in [6.07, 6.45) is 0. The first-order valence-electron chi connectivity index (χ1n) is 2.84. The highest BCUT2D eigenvalue weighted by molar-refractivity contribution is 9.11. The van der Waals surface area contributed by atoms with Crippen LogP contribution in [0.3, 0.4) is 0 Å². The van der Waals surface area contributed by atoms with Gasteiger partial charge in [0.05, 0.1) is 14.5 Å². The lowest BCUT2D eigenvalue weighted by molar-refractivity contribution is 0.468. The van der Waals surface area contributed by atoms with E-state index >= 15 is 0 Å². The molecule has 0 aliphatic heterocycles.